The van der Waals surface area contributed by atoms with Gasteiger partial charge in [0.05, 0.1) is 12.1 Å². The smallest absolute Gasteiger partial charge is 0.0551 e. The molecule has 0 spiro atoms. The summed E-state index contributed by atoms with van der Waals surface area (Å²) in [6.45, 7) is 13.3. The molecule has 158 valence electrons. The molecule has 0 aliphatic carbocycles. The highest BCUT2D eigenvalue weighted by Gasteiger charge is 2.17. The van der Waals surface area contributed by atoms with Crippen molar-refractivity contribution in [1.82, 2.24) is 0 Å². The van der Waals surface area contributed by atoms with Crippen molar-refractivity contribution < 1.29 is 0 Å². The molecule has 2 heteroatoms. The maximum Gasteiger partial charge on any atom is 0.0551 e. The second-order valence-electron chi connectivity index (χ2n) is 10.4. The molecule has 0 aliphatic rings. The van der Waals surface area contributed by atoms with Crippen molar-refractivity contribution in [2.45, 2.75) is 64.5 Å². The summed E-state index contributed by atoms with van der Waals surface area (Å²) in [7, 11) is 0. The lowest BCUT2D eigenvalue weighted by Gasteiger charge is -2.21. The van der Waals surface area contributed by atoms with Crippen LogP contribution in [0.1, 0.15) is 87.0 Å². The average molecular weight is 401 g/mol. The lowest BCUT2D eigenvalue weighted by atomic mass is 9.85. The van der Waals surface area contributed by atoms with Crippen LogP contribution in [0.3, 0.4) is 0 Å². The van der Waals surface area contributed by atoms with E-state index in [1.807, 2.05) is 0 Å². The van der Waals surface area contributed by atoms with Gasteiger partial charge in [-0.1, -0.05) is 114 Å². The fourth-order valence-corrected chi connectivity index (χ4v) is 3.68. The van der Waals surface area contributed by atoms with Gasteiger partial charge in [0.1, 0.15) is 0 Å². The molecule has 0 saturated carbocycles. The van der Waals surface area contributed by atoms with Crippen molar-refractivity contribution in [2.75, 3.05) is 0 Å². The number of nitrogens with two attached hydrogens (primary N) is 2. The van der Waals surface area contributed by atoms with E-state index in [2.05, 4.69) is 114 Å². The summed E-state index contributed by atoms with van der Waals surface area (Å²) in [4.78, 5) is 0. The van der Waals surface area contributed by atoms with Crippen LogP contribution >= 0.6 is 0 Å². The Morgan fingerprint density at radius 2 is 0.633 bits per heavy atom. The molecular formula is C28H36N2. The second kappa shape index (κ2) is 8.37. The highest BCUT2D eigenvalue weighted by atomic mass is 14.6. The fourth-order valence-electron chi connectivity index (χ4n) is 3.68. The van der Waals surface area contributed by atoms with Crippen molar-refractivity contribution in [3.05, 3.63) is 106 Å². The van der Waals surface area contributed by atoms with E-state index in [0.717, 1.165) is 22.3 Å². The monoisotopic (exact) mass is 400 g/mol. The van der Waals surface area contributed by atoms with Gasteiger partial charge >= 0.3 is 0 Å². The Hall–Kier alpha value is -2.42. The molecule has 2 unspecified atom stereocenters. The molecule has 3 rings (SSSR count). The summed E-state index contributed by atoms with van der Waals surface area (Å²) in [6.07, 6.45) is 0. The Balaban J connectivity index is 1.75. The molecule has 0 heterocycles. The lowest BCUT2D eigenvalue weighted by Crippen LogP contribution is -2.16. The summed E-state index contributed by atoms with van der Waals surface area (Å²) in [6, 6.07) is 25.4. The van der Waals surface area contributed by atoms with E-state index in [-0.39, 0.29) is 22.9 Å². The fraction of sp³-hybridized carbons (Fsp3) is 0.357. The standard InChI is InChI=1S/C28H36N2/c1-27(2,3)23-15-11-21(12-16-23)25(29)19-7-9-20(10-8-19)26(30)22-13-17-24(18-14-22)28(4,5)6/h7-18,25-26H,29-30H2,1-6H3. The third kappa shape index (κ3) is 5.00. The predicted molar refractivity (Wildman–Crippen MR) is 129 cm³/mol. The molecule has 0 fully saturated rings. The molecule has 0 bridgehead atoms. The van der Waals surface area contributed by atoms with Crippen LogP contribution in [0.15, 0.2) is 72.8 Å². The van der Waals surface area contributed by atoms with Gasteiger partial charge in [0.2, 0.25) is 0 Å². The largest absolute Gasteiger partial charge is 0.320 e. The Morgan fingerprint density at radius 1 is 0.433 bits per heavy atom. The minimum Gasteiger partial charge on any atom is -0.320 e. The van der Waals surface area contributed by atoms with Crippen LogP contribution < -0.4 is 11.5 Å². The van der Waals surface area contributed by atoms with Crippen molar-refractivity contribution >= 4 is 0 Å². The van der Waals surface area contributed by atoms with Gasteiger partial charge in [0.25, 0.3) is 0 Å². The van der Waals surface area contributed by atoms with Crippen LogP contribution in [0.25, 0.3) is 0 Å². The zero-order valence-corrected chi connectivity index (χ0v) is 19.2. The average Bonchev–Trinajstić information content (AvgIpc) is 2.72. The van der Waals surface area contributed by atoms with Gasteiger partial charge in [-0.3, -0.25) is 0 Å². The minimum absolute atomic E-state index is 0.143. The van der Waals surface area contributed by atoms with Crippen molar-refractivity contribution in [1.29, 1.82) is 0 Å². The van der Waals surface area contributed by atoms with E-state index >= 15 is 0 Å². The van der Waals surface area contributed by atoms with Crippen LogP contribution in [0.4, 0.5) is 0 Å². The molecule has 0 saturated heterocycles. The molecule has 30 heavy (non-hydrogen) atoms. The summed E-state index contributed by atoms with van der Waals surface area (Å²) >= 11 is 0. The minimum atomic E-state index is -0.143. The summed E-state index contributed by atoms with van der Waals surface area (Å²) in [5, 5.41) is 0. The van der Waals surface area contributed by atoms with Crippen LogP contribution in [0.5, 0.6) is 0 Å². The first kappa shape index (κ1) is 22.3. The van der Waals surface area contributed by atoms with E-state index in [4.69, 9.17) is 11.5 Å². The third-order valence-corrected chi connectivity index (χ3v) is 5.93. The first-order valence-corrected chi connectivity index (χ1v) is 10.8. The van der Waals surface area contributed by atoms with E-state index in [1.165, 1.54) is 11.1 Å². The molecule has 0 aromatic heterocycles. The summed E-state index contributed by atoms with van der Waals surface area (Å²) < 4.78 is 0. The van der Waals surface area contributed by atoms with E-state index in [9.17, 15) is 0 Å². The normalized spacial score (nSPS) is 14.4. The summed E-state index contributed by atoms with van der Waals surface area (Å²) in [5.41, 5.74) is 20.4. The maximum absolute atomic E-state index is 6.54. The SMILES string of the molecule is CC(C)(C)c1ccc(C(N)c2ccc(C(N)c3ccc(C(C)(C)C)cc3)cc2)cc1. The molecule has 0 radical (unpaired) electrons. The first-order valence-electron chi connectivity index (χ1n) is 10.8. The predicted octanol–water partition coefficient (Wildman–Crippen LogP) is 6.38. The Bertz CT molecular complexity index is 871. The van der Waals surface area contributed by atoms with E-state index in [1.54, 1.807) is 0 Å². The maximum atomic E-state index is 6.54. The van der Waals surface area contributed by atoms with Gasteiger partial charge in [-0.15, -0.1) is 0 Å². The van der Waals surface area contributed by atoms with E-state index < -0.39 is 0 Å². The summed E-state index contributed by atoms with van der Waals surface area (Å²) in [5.74, 6) is 0. The van der Waals surface area contributed by atoms with Crippen molar-refractivity contribution in [3.63, 3.8) is 0 Å². The molecule has 4 N–H and O–H groups in total. The van der Waals surface area contributed by atoms with Gasteiger partial charge in [-0.05, 0) is 44.2 Å². The van der Waals surface area contributed by atoms with Crippen LogP contribution in [0, 0.1) is 0 Å². The first-order chi connectivity index (χ1) is 14.0. The lowest BCUT2D eigenvalue weighted by molar-refractivity contribution is 0.589. The molecule has 3 aromatic carbocycles. The van der Waals surface area contributed by atoms with Crippen molar-refractivity contribution in [2.24, 2.45) is 11.5 Å². The molecule has 0 aliphatic heterocycles. The van der Waals surface area contributed by atoms with Crippen LogP contribution in [-0.4, -0.2) is 0 Å². The van der Waals surface area contributed by atoms with Crippen LogP contribution in [-0.2, 0) is 10.8 Å². The topological polar surface area (TPSA) is 52.0 Å². The number of rotatable bonds is 4. The zero-order valence-electron chi connectivity index (χ0n) is 19.2. The Morgan fingerprint density at radius 3 is 0.833 bits per heavy atom. The van der Waals surface area contributed by atoms with Gasteiger partial charge in [0.15, 0.2) is 0 Å². The van der Waals surface area contributed by atoms with Gasteiger partial charge in [-0.25, -0.2) is 0 Å². The molecule has 0 amide bonds. The number of hydrogen-bond donors (Lipinski definition) is 2. The zero-order chi connectivity index (χ0) is 22.1. The van der Waals surface area contributed by atoms with Gasteiger partial charge in [0, 0.05) is 0 Å². The number of hydrogen-bond acceptors (Lipinski definition) is 2. The third-order valence-electron chi connectivity index (χ3n) is 5.93. The molecule has 3 aromatic rings. The van der Waals surface area contributed by atoms with Crippen molar-refractivity contribution in [3.8, 4) is 0 Å². The Labute approximate surface area is 182 Å². The number of benzene rings is 3. The van der Waals surface area contributed by atoms with Crippen LogP contribution in [0.2, 0.25) is 0 Å². The quantitative estimate of drug-likeness (QED) is 0.534. The van der Waals surface area contributed by atoms with E-state index in [0.29, 0.717) is 0 Å². The molecule has 2 atom stereocenters. The van der Waals surface area contributed by atoms with Gasteiger partial charge in [-0.2, -0.15) is 0 Å². The van der Waals surface area contributed by atoms with Gasteiger partial charge < -0.3 is 11.5 Å². The molecule has 2 nitrogen and oxygen atoms in total. The second-order valence-corrected chi connectivity index (χ2v) is 10.4. The highest BCUT2D eigenvalue weighted by Crippen LogP contribution is 2.28. The molecular weight excluding hydrogens is 364 g/mol. The Kier molecular flexibility index (Phi) is 6.21. The highest BCUT2D eigenvalue weighted by molar-refractivity contribution is 5.39.